The fourth-order valence-corrected chi connectivity index (χ4v) is 4.58. The van der Waals surface area contributed by atoms with Gasteiger partial charge in [-0.25, -0.2) is 4.79 Å². The van der Waals surface area contributed by atoms with Crippen molar-refractivity contribution in [1.29, 1.82) is 0 Å². The molecular weight excluding hydrogens is 447 g/mol. The summed E-state index contributed by atoms with van der Waals surface area (Å²) >= 11 is 0. The number of carbonyl (C=O) groups excluding carboxylic acids is 1. The second-order valence-electron chi connectivity index (χ2n) is 8.84. The first-order valence-corrected chi connectivity index (χ1v) is 10.8. The molecule has 12 heteroatoms. The summed E-state index contributed by atoms with van der Waals surface area (Å²) in [6.45, 7) is 3.63. The highest BCUT2D eigenvalue weighted by atomic mass is 16.5. The maximum Gasteiger partial charge on any atom is 0.455 e. The minimum Gasteiger partial charge on any atom is -0.507 e. The zero-order valence-electron chi connectivity index (χ0n) is 18.6. The first kappa shape index (κ1) is 23.6. The Hall–Kier alpha value is -3.51. The van der Waals surface area contributed by atoms with Gasteiger partial charge in [0.25, 0.3) is 0 Å². The van der Waals surface area contributed by atoms with E-state index in [-0.39, 0.29) is 48.8 Å². The molecule has 5 N–H and O–H groups in total. The highest BCUT2D eigenvalue weighted by molar-refractivity contribution is 6.45. The molecule has 1 aliphatic heterocycles. The van der Waals surface area contributed by atoms with Gasteiger partial charge in [0.05, 0.1) is 18.8 Å². The Morgan fingerprint density at radius 3 is 2.41 bits per heavy atom. The Balaban J connectivity index is 1.42. The van der Waals surface area contributed by atoms with Crippen LogP contribution >= 0.6 is 0 Å². The second-order valence-corrected chi connectivity index (χ2v) is 8.84. The number of aromatic carboxylic acids is 1. The molecule has 2 heterocycles. The van der Waals surface area contributed by atoms with Gasteiger partial charge in [-0.2, -0.15) is 0 Å². The van der Waals surface area contributed by atoms with Crippen LogP contribution in [0, 0.1) is 12.8 Å². The number of nitrogens with zero attached hydrogens (tertiary/aromatic N) is 2. The predicted octanol–water partition coefficient (Wildman–Crippen LogP) is 0.132. The highest BCUT2D eigenvalue weighted by Gasteiger charge is 2.55. The molecule has 1 amide bonds. The van der Waals surface area contributed by atoms with Gasteiger partial charge in [-0.15, -0.1) is 0 Å². The first-order valence-electron chi connectivity index (χ1n) is 10.8. The number of hydrogen-bond acceptors (Lipinski definition) is 8. The molecule has 0 bridgehead atoms. The van der Waals surface area contributed by atoms with Gasteiger partial charge in [-0.05, 0) is 30.4 Å². The van der Waals surface area contributed by atoms with Gasteiger partial charge in [0.15, 0.2) is 5.75 Å². The maximum absolute atomic E-state index is 12.5. The van der Waals surface area contributed by atoms with E-state index in [1.54, 1.807) is 6.92 Å². The Morgan fingerprint density at radius 1 is 1.15 bits per heavy atom. The van der Waals surface area contributed by atoms with Gasteiger partial charge in [0.1, 0.15) is 29.7 Å². The van der Waals surface area contributed by atoms with Gasteiger partial charge < -0.3 is 39.6 Å². The lowest BCUT2D eigenvalue weighted by atomic mass is 9.80. The van der Waals surface area contributed by atoms with E-state index in [2.05, 4.69) is 0 Å². The van der Waals surface area contributed by atoms with E-state index < -0.39 is 47.5 Å². The SMILES string of the molecule is Cc1c(O)c(=O)ccn1CC(=O)N1CC(Oc2ccc(C3C(C)C3B(O)O)c(O)c2C(=O)O)C1. The summed E-state index contributed by atoms with van der Waals surface area (Å²) in [6.07, 6.45) is 0.941. The molecule has 1 saturated heterocycles. The van der Waals surface area contributed by atoms with E-state index in [1.165, 1.54) is 40.8 Å². The smallest absolute Gasteiger partial charge is 0.455 e. The molecule has 3 atom stereocenters. The molecular formula is C22H25BN2O9. The number of aromatic hydroxyl groups is 2. The van der Waals surface area contributed by atoms with E-state index in [1.807, 2.05) is 0 Å². The van der Waals surface area contributed by atoms with Crippen molar-refractivity contribution in [2.45, 2.75) is 38.2 Å². The molecule has 2 aromatic rings. The third kappa shape index (κ3) is 4.10. The van der Waals surface area contributed by atoms with Crippen molar-refractivity contribution in [2.24, 2.45) is 5.92 Å². The molecule has 1 aromatic heterocycles. The number of likely N-dealkylation sites (tertiary alicyclic amines) is 1. The molecule has 1 aromatic carbocycles. The number of phenols is 1. The quantitative estimate of drug-likeness (QED) is 0.352. The maximum atomic E-state index is 12.5. The van der Waals surface area contributed by atoms with Gasteiger partial charge in [0.2, 0.25) is 11.3 Å². The largest absolute Gasteiger partial charge is 0.507 e. The molecule has 0 radical (unpaired) electrons. The Labute approximate surface area is 194 Å². The van der Waals surface area contributed by atoms with Crippen LogP contribution in [-0.2, 0) is 11.3 Å². The number of carboxylic acids is 1. The number of aromatic nitrogens is 1. The zero-order chi connectivity index (χ0) is 24.9. The van der Waals surface area contributed by atoms with Crippen LogP contribution in [0.1, 0.15) is 34.5 Å². The normalized spacial score (nSPS) is 21.6. The Morgan fingerprint density at radius 2 is 1.82 bits per heavy atom. The lowest BCUT2D eigenvalue weighted by Crippen LogP contribution is -2.57. The van der Waals surface area contributed by atoms with Crippen molar-refractivity contribution in [1.82, 2.24) is 9.47 Å². The molecule has 2 fully saturated rings. The molecule has 0 spiro atoms. The number of amides is 1. The van der Waals surface area contributed by atoms with Crippen LogP contribution in [0.2, 0.25) is 5.82 Å². The molecule has 4 rings (SSSR count). The summed E-state index contributed by atoms with van der Waals surface area (Å²) in [7, 11) is -1.56. The number of benzene rings is 1. The summed E-state index contributed by atoms with van der Waals surface area (Å²) in [5.74, 6) is -3.56. The summed E-state index contributed by atoms with van der Waals surface area (Å²) in [5, 5.41) is 48.9. The standard InChI is InChI=1S/C22H25BN2O9/c1-10-17(19(10)23(32)33)13-3-4-15(18(21(13)29)22(30)31)34-12-7-25(8-12)16(27)9-24-6-5-14(26)20(28)11(24)2/h3-6,10,12,17,19,28-29,32-33H,7-9H2,1-2H3,(H,30,31). The monoisotopic (exact) mass is 472 g/mol. The molecule has 1 saturated carbocycles. The minimum atomic E-state index is -1.56. The first-order chi connectivity index (χ1) is 16.0. The highest BCUT2D eigenvalue weighted by Crippen LogP contribution is 2.61. The number of hydrogen-bond donors (Lipinski definition) is 5. The molecule has 11 nitrogen and oxygen atoms in total. The van der Waals surface area contributed by atoms with Crippen LogP contribution in [0.15, 0.2) is 29.2 Å². The zero-order valence-corrected chi connectivity index (χ0v) is 18.6. The van der Waals surface area contributed by atoms with Crippen LogP contribution in [0.4, 0.5) is 0 Å². The van der Waals surface area contributed by atoms with Crippen LogP contribution in [0.3, 0.4) is 0 Å². The van der Waals surface area contributed by atoms with Gasteiger partial charge >= 0.3 is 13.1 Å². The molecule has 3 unspecified atom stereocenters. The number of carbonyl (C=O) groups is 2. The third-order valence-corrected chi connectivity index (χ3v) is 6.75. The molecule has 2 aliphatic rings. The lowest BCUT2D eigenvalue weighted by molar-refractivity contribution is -0.140. The van der Waals surface area contributed by atoms with Crippen molar-refractivity contribution in [2.75, 3.05) is 13.1 Å². The molecule has 1 aliphatic carbocycles. The average Bonchev–Trinajstić information content (AvgIpc) is 3.41. The van der Waals surface area contributed by atoms with Crippen molar-refractivity contribution in [3.05, 3.63) is 51.4 Å². The number of pyridine rings is 1. The second kappa shape index (κ2) is 8.69. The van der Waals surface area contributed by atoms with Crippen LogP contribution < -0.4 is 10.2 Å². The van der Waals surface area contributed by atoms with Crippen molar-refractivity contribution in [3.8, 4) is 17.2 Å². The fourth-order valence-electron chi connectivity index (χ4n) is 4.58. The minimum absolute atomic E-state index is 0.0403. The number of carboxylic acid groups (broad SMARTS) is 1. The van der Waals surface area contributed by atoms with E-state index in [9.17, 15) is 39.8 Å². The van der Waals surface area contributed by atoms with E-state index >= 15 is 0 Å². The predicted molar refractivity (Wildman–Crippen MR) is 119 cm³/mol. The van der Waals surface area contributed by atoms with Crippen LogP contribution in [0.5, 0.6) is 17.2 Å². The summed E-state index contributed by atoms with van der Waals surface area (Å²) in [5.41, 5.74) is -0.342. The van der Waals surface area contributed by atoms with Crippen molar-refractivity contribution < 1.29 is 39.7 Å². The van der Waals surface area contributed by atoms with E-state index in [0.29, 0.717) is 5.56 Å². The molecule has 34 heavy (non-hydrogen) atoms. The summed E-state index contributed by atoms with van der Waals surface area (Å²) < 4.78 is 7.21. The van der Waals surface area contributed by atoms with Crippen LogP contribution in [-0.4, -0.2) is 73.0 Å². The van der Waals surface area contributed by atoms with Gasteiger partial charge in [0, 0.05) is 18.1 Å². The fraction of sp³-hybridized carbons (Fsp3) is 0.409. The van der Waals surface area contributed by atoms with Crippen molar-refractivity contribution in [3.63, 3.8) is 0 Å². The number of ether oxygens (including phenoxy) is 1. The van der Waals surface area contributed by atoms with Crippen LogP contribution in [0.25, 0.3) is 0 Å². The number of rotatable bonds is 7. The average molecular weight is 472 g/mol. The van der Waals surface area contributed by atoms with Gasteiger partial charge in [-0.1, -0.05) is 13.0 Å². The lowest BCUT2D eigenvalue weighted by Gasteiger charge is -2.39. The Bertz CT molecular complexity index is 1210. The summed E-state index contributed by atoms with van der Waals surface area (Å²) in [6, 6.07) is 4.13. The van der Waals surface area contributed by atoms with E-state index in [4.69, 9.17) is 4.74 Å². The van der Waals surface area contributed by atoms with E-state index in [0.717, 1.165) is 0 Å². The van der Waals surface area contributed by atoms with Crippen molar-refractivity contribution >= 4 is 19.0 Å². The van der Waals surface area contributed by atoms with Gasteiger partial charge in [-0.3, -0.25) is 9.59 Å². The topological polar surface area (TPSA) is 170 Å². The molecule has 180 valence electrons. The Kier molecular flexibility index (Phi) is 6.04. The summed E-state index contributed by atoms with van der Waals surface area (Å²) in [4.78, 5) is 37.3. The third-order valence-electron chi connectivity index (χ3n) is 6.75.